The van der Waals surface area contributed by atoms with Crippen molar-refractivity contribution < 1.29 is 9.50 Å². The number of aromatic nitrogens is 2. The molecule has 0 spiro atoms. The highest BCUT2D eigenvalue weighted by molar-refractivity contribution is 7.13. The summed E-state index contributed by atoms with van der Waals surface area (Å²) in [6.07, 6.45) is 0. The summed E-state index contributed by atoms with van der Waals surface area (Å²) in [5.74, 6) is -0.582. The highest BCUT2D eigenvalue weighted by atomic mass is 32.1. The number of rotatable bonds is 2. The minimum Gasteiger partial charge on any atom is -0.493 e. The van der Waals surface area contributed by atoms with E-state index in [-0.39, 0.29) is 11.1 Å². The van der Waals surface area contributed by atoms with Gasteiger partial charge in [-0.15, -0.1) is 11.3 Å². The van der Waals surface area contributed by atoms with Gasteiger partial charge in [-0.25, -0.2) is 4.39 Å². The van der Waals surface area contributed by atoms with Gasteiger partial charge < -0.3 is 10.1 Å². The van der Waals surface area contributed by atoms with Crippen molar-refractivity contribution in [1.29, 1.82) is 0 Å². The number of hydrogen-bond acceptors (Lipinski definition) is 4. The third kappa shape index (κ3) is 2.45. The van der Waals surface area contributed by atoms with E-state index in [1.165, 1.54) is 29.5 Å². The average Bonchev–Trinajstić information content (AvgIpc) is 2.84. The third-order valence-electron chi connectivity index (χ3n) is 3.09. The van der Waals surface area contributed by atoms with Crippen molar-refractivity contribution in [2.45, 2.75) is 6.92 Å². The Balaban J connectivity index is 2.18. The van der Waals surface area contributed by atoms with Gasteiger partial charge in [0.1, 0.15) is 11.4 Å². The van der Waals surface area contributed by atoms with Crippen LogP contribution < -0.4 is 5.56 Å². The maximum Gasteiger partial charge on any atom is 0.262 e. The van der Waals surface area contributed by atoms with E-state index in [0.29, 0.717) is 5.82 Å². The first-order chi connectivity index (χ1) is 10.1. The topological polar surface area (TPSA) is 66.0 Å². The van der Waals surface area contributed by atoms with Gasteiger partial charge in [-0.2, -0.15) is 4.98 Å². The lowest BCUT2D eigenvalue weighted by Crippen LogP contribution is -2.12. The molecule has 4 nitrogen and oxygen atoms in total. The van der Waals surface area contributed by atoms with E-state index < -0.39 is 17.3 Å². The van der Waals surface area contributed by atoms with Gasteiger partial charge >= 0.3 is 0 Å². The van der Waals surface area contributed by atoms with Gasteiger partial charge in [0.05, 0.1) is 4.88 Å². The van der Waals surface area contributed by atoms with Gasteiger partial charge in [0, 0.05) is 0 Å². The Morgan fingerprint density at radius 3 is 2.76 bits per heavy atom. The highest BCUT2D eigenvalue weighted by Crippen LogP contribution is 2.29. The van der Waals surface area contributed by atoms with Crippen molar-refractivity contribution in [2.75, 3.05) is 0 Å². The van der Waals surface area contributed by atoms with Crippen molar-refractivity contribution >= 4 is 11.3 Å². The zero-order valence-electron chi connectivity index (χ0n) is 11.1. The first-order valence-electron chi connectivity index (χ1n) is 6.20. The molecule has 0 radical (unpaired) electrons. The molecule has 3 aromatic rings. The molecule has 0 unspecified atom stereocenters. The molecule has 21 heavy (non-hydrogen) atoms. The number of hydrogen-bond donors (Lipinski definition) is 2. The number of aromatic hydroxyl groups is 1. The summed E-state index contributed by atoms with van der Waals surface area (Å²) < 4.78 is 13.3. The van der Waals surface area contributed by atoms with Crippen LogP contribution in [0, 0.1) is 12.7 Å². The van der Waals surface area contributed by atoms with Crippen LogP contribution in [0.25, 0.3) is 21.8 Å². The molecular weight excluding hydrogens is 291 g/mol. The van der Waals surface area contributed by atoms with E-state index in [1.54, 1.807) is 6.07 Å². The number of aryl methyl sites for hydroxylation is 1. The summed E-state index contributed by atoms with van der Waals surface area (Å²) in [6, 6.07) is 7.37. The quantitative estimate of drug-likeness (QED) is 0.763. The molecule has 106 valence electrons. The van der Waals surface area contributed by atoms with E-state index in [4.69, 9.17) is 0 Å². The molecule has 0 saturated heterocycles. The molecule has 0 aliphatic rings. The van der Waals surface area contributed by atoms with Crippen molar-refractivity contribution in [3.8, 4) is 27.7 Å². The molecule has 3 rings (SSSR count). The minimum atomic E-state index is -0.504. The van der Waals surface area contributed by atoms with Crippen LogP contribution in [0.2, 0.25) is 0 Å². The lowest BCUT2D eigenvalue weighted by atomic mass is 10.1. The van der Waals surface area contributed by atoms with Crippen molar-refractivity contribution in [1.82, 2.24) is 9.97 Å². The molecule has 0 aliphatic heterocycles. The summed E-state index contributed by atoms with van der Waals surface area (Å²) in [5, 5.41) is 11.9. The van der Waals surface area contributed by atoms with E-state index in [9.17, 15) is 14.3 Å². The maximum atomic E-state index is 13.3. The number of H-pyrrole nitrogens is 1. The second-order valence-corrected chi connectivity index (χ2v) is 5.47. The number of benzene rings is 1. The van der Waals surface area contributed by atoms with Crippen LogP contribution in [0.3, 0.4) is 0 Å². The SMILES string of the molecule is Cc1ccsc1-c1nc(O)c(-c2cccc(F)c2)c(=O)[nH]1. The summed E-state index contributed by atoms with van der Waals surface area (Å²) in [7, 11) is 0. The highest BCUT2D eigenvalue weighted by Gasteiger charge is 2.15. The lowest BCUT2D eigenvalue weighted by Gasteiger charge is -2.06. The smallest absolute Gasteiger partial charge is 0.262 e. The summed E-state index contributed by atoms with van der Waals surface area (Å²) in [5.41, 5.74) is 0.708. The number of halogens is 1. The Morgan fingerprint density at radius 2 is 2.14 bits per heavy atom. The molecule has 2 N–H and O–H groups in total. The van der Waals surface area contributed by atoms with E-state index in [0.717, 1.165) is 10.4 Å². The minimum absolute atomic E-state index is 0.0348. The monoisotopic (exact) mass is 302 g/mol. The van der Waals surface area contributed by atoms with Crippen molar-refractivity contribution in [3.05, 3.63) is 57.4 Å². The van der Waals surface area contributed by atoms with Gasteiger partial charge in [0.2, 0.25) is 5.88 Å². The van der Waals surface area contributed by atoms with E-state index >= 15 is 0 Å². The van der Waals surface area contributed by atoms with Gasteiger partial charge in [0.15, 0.2) is 5.82 Å². The van der Waals surface area contributed by atoms with Crippen LogP contribution in [-0.2, 0) is 0 Å². The Kier molecular flexibility index (Phi) is 3.31. The number of aromatic amines is 1. The fourth-order valence-corrected chi connectivity index (χ4v) is 2.96. The Labute approximate surface area is 123 Å². The summed E-state index contributed by atoms with van der Waals surface area (Å²) in [4.78, 5) is 19.7. The van der Waals surface area contributed by atoms with Gasteiger partial charge in [-0.05, 0) is 41.6 Å². The first-order valence-corrected chi connectivity index (χ1v) is 7.08. The molecular formula is C15H11FN2O2S. The molecule has 2 heterocycles. The molecule has 2 aromatic heterocycles. The fourth-order valence-electron chi connectivity index (χ4n) is 2.09. The third-order valence-corrected chi connectivity index (χ3v) is 4.11. The normalized spacial score (nSPS) is 10.8. The van der Waals surface area contributed by atoms with Crippen molar-refractivity contribution in [3.63, 3.8) is 0 Å². The second-order valence-electron chi connectivity index (χ2n) is 4.56. The van der Waals surface area contributed by atoms with Gasteiger partial charge in [0.25, 0.3) is 5.56 Å². The van der Waals surface area contributed by atoms with Crippen LogP contribution in [0.1, 0.15) is 5.56 Å². The largest absolute Gasteiger partial charge is 0.493 e. The Bertz CT molecular complexity index is 870. The standard InChI is InChI=1S/C15H11FN2O2S/c1-8-5-6-21-12(8)13-17-14(19)11(15(20)18-13)9-3-2-4-10(16)7-9/h2-7H,1H3,(H2,17,18,19,20). The van der Waals surface area contributed by atoms with Gasteiger partial charge in [-0.3, -0.25) is 4.79 Å². The first kappa shape index (κ1) is 13.5. The second kappa shape index (κ2) is 5.14. The van der Waals surface area contributed by atoms with Crippen LogP contribution in [0.5, 0.6) is 5.88 Å². The average molecular weight is 302 g/mol. The van der Waals surface area contributed by atoms with Crippen LogP contribution >= 0.6 is 11.3 Å². The van der Waals surface area contributed by atoms with Crippen LogP contribution in [0.4, 0.5) is 4.39 Å². The molecule has 0 saturated carbocycles. The predicted octanol–water partition coefficient (Wildman–Crippen LogP) is 3.32. The molecule has 0 fully saturated rings. The summed E-state index contributed by atoms with van der Waals surface area (Å²) >= 11 is 1.42. The lowest BCUT2D eigenvalue weighted by molar-refractivity contribution is 0.454. The molecule has 6 heteroatoms. The maximum absolute atomic E-state index is 13.3. The molecule has 0 atom stereocenters. The number of thiophene rings is 1. The van der Waals surface area contributed by atoms with Gasteiger partial charge in [-0.1, -0.05) is 12.1 Å². The van der Waals surface area contributed by atoms with Crippen molar-refractivity contribution in [2.24, 2.45) is 0 Å². The fraction of sp³-hybridized carbons (Fsp3) is 0.0667. The predicted molar refractivity (Wildman–Crippen MR) is 80.0 cm³/mol. The van der Waals surface area contributed by atoms with E-state index in [2.05, 4.69) is 9.97 Å². The molecule has 0 aliphatic carbocycles. The molecule has 0 amide bonds. The van der Waals surface area contributed by atoms with Crippen LogP contribution in [0.15, 0.2) is 40.5 Å². The Hall–Kier alpha value is -2.47. The molecule has 0 bridgehead atoms. The number of nitrogens with one attached hydrogen (secondary N) is 1. The van der Waals surface area contributed by atoms with Crippen LogP contribution in [-0.4, -0.2) is 15.1 Å². The number of nitrogens with zero attached hydrogens (tertiary/aromatic N) is 1. The summed E-state index contributed by atoms with van der Waals surface area (Å²) in [6.45, 7) is 1.89. The molecule has 1 aromatic carbocycles. The van der Waals surface area contributed by atoms with E-state index in [1.807, 2.05) is 18.4 Å². The zero-order chi connectivity index (χ0) is 15.0. The Morgan fingerprint density at radius 1 is 1.33 bits per heavy atom. The zero-order valence-corrected chi connectivity index (χ0v) is 11.9.